The average Bonchev–Trinajstić information content (AvgIpc) is 3.22. The van der Waals surface area contributed by atoms with Gasteiger partial charge in [0, 0.05) is 18.5 Å². The number of imidazole rings is 1. The maximum absolute atomic E-state index is 12.5. The molecule has 3 N–H and O–H groups in total. The van der Waals surface area contributed by atoms with Crippen molar-refractivity contribution in [3.05, 3.63) is 48.9 Å². The van der Waals surface area contributed by atoms with Crippen molar-refractivity contribution in [2.75, 3.05) is 11.9 Å². The molecule has 4 aliphatic carbocycles. The molecule has 4 saturated carbocycles. The van der Waals surface area contributed by atoms with E-state index in [9.17, 15) is 9.59 Å². The number of rotatable bonds is 6. The molecule has 0 saturated heterocycles. The zero-order valence-corrected chi connectivity index (χ0v) is 19.2. The summed E-state index contributed by atoms with van der Waals surface area (Å²) in [6.45, 7) is 0.302. The Morgan fingerprint density at radius 3 is 2.41 bits per heavy atom. The number of carbonyl (C=O) groups excluding carboxylic acids is 2. The predicted molar refractivity (Wildman–Crippen MR) is 130 cm³/mol. The Labute approximate surface area is 198 Å². The minimum atomic E-state index is -0.155. The third kappa shape index (κ3) is 4.13. The molecule has 0 atom stereocenters. The first kappa shape index (κ1) is 21.1. The fourth-order valence-electron chi connectivity index (χ4n) is 6.81. The third-order valence-electron chi connectivity index (χ3n) is 7.79. The maximum Gasteiger partial charge on any atom is 0.315 e. The highest BCUT2D eigenvalue weighted by Crippen LogP contribution is 2.55. The summed E-state index contributed by atoms with van der Waals surface area (Å²) in [4.78, 5) is 33.8. The number of amides is 3. The van der Waals surface area contributed by atoms with Gasteiger partial charge >= 0.3 is 6.03 Å². The Hall–Kier alpha value is -3.42. The number of hydrogen-bond donors (Lipinski definition) is 3. The minimum Gasteiger partial charge on any atom is -0.338 e. The predicted octanol–water partition coefficient (Wildman–Crippen LogP) is 4.02. The van der Waals surface area contributed by atoms with Gasteiger partial charge in [0.25, 0.3) is 0 Å². The van der Waals surface area contributed by atoms with Crippen LogP contribution in [0.2, 0.25) is 0 Å². The average molecular weight is 459 g/mol. The van der Waals surface area contributed by atoms with Crippen LogP contribution in [0.3, 0.4) is 0 Å². The van der Waals surface area contributed by atoms with Gasteiger partial charge in [-0.15, -0.1) is 0 Å². The summed E-state index contributed by atoms with van der Waals surface area (Å²) in [5, 5.41) is 9.02. The molecule has 4 aliphatic rings. The number of fused-ring (bicyclic) bond motifs is 1. The van der Waals surface area contributed by atoms with Crippen molar-refractivity contribution in [2.24, 2.45) is 17.8 Å². The Bertz CT molecular complexity index is 1180. The smallest absolute Gasteiger partial charge is 0.315 e. The molecule has 0 unspecified atom stereocenters. The van der Waals surface area contributed by atoms with Crippen LogP contribution in [0.4, 0.5) is 10.5 Å². The number of anilines is 1. The number of urea groups is 1. The summed E-state index contributed by atoms with van der Waals surface area (Å²) in [5.41, 5.74) is 2.48. The van der Waals surface area contributed by atoms with Crippen molar-refractivity contribution in [1.29, 1.82) is 0 Å². The summed E-state index contributed by atoms with van der Waals surface area (Å²) >= 11 is 0. The Kier molecular flexibility index (Phi) is 5.23. The normalized spacial score (nSPS) is 27.0. The fraction of sp³-hybridized carbons (Fsp3) is 0.462. The highest BCUT2D eigenvalue weighted by Gasteiger charge is 2.51. The first-order chi connectivity index (χ1) is 16.6. The summed E-state index contributed by atoms with van der Waals surface area (Å²) < 4.78 is 1.91. The van der Waals surface area contributed by atoms with Gasteiger partial charge in [-0.05, 0) is 80.5 Å². The lowest BCUT2D eigenvalue weighted by molar-refractivity contribution is -0.116. The number of aromatic nitrogens is 3. The second-order valence-corrected chi connectivity index (χ2v) is 10.4. The number of hydrogen-bond acceptors (Lipinski definition) is 4. The van der Waals surface area contributed by atoms with E-state index in [0.717, 1.165) is 53.9 Å². The van der Waals surface area contributed by atoms with E-state index in [1.54, 1.807) is 12.5 Å². The first-order valence-corrected chi connectivity index (χ1v) is 12.3. The van der Waals surface area contributed by atoms with Gasteiger partial charge in [-0.25, -0.2) is 14.8 Å². The molecule has 0 radical (unpaired) electrons. The molecule has 1 aromatic carbocycles. The number of para-hydroxylation sites is 2. The van der Waals surface area contributed by atoms with Crippen LogP contribution in [0, 0.1) is 17.8 Å². The molecule has 8 heteroatoms. The van der Waals surface area contributed by atoms with Gasteiger partial charge in [0.05, 0.1) is 22.9 Å². The summed E-state index contributed by atoms with van der Waals surface area (Å²) in [6.07, 6.45) is 11.0. The van der Waals surface area contributed by atoms with Gasteiger partial charge in [-0.1, -0.05) is 12.1 Å². The van der Waals surface area contributed by atoms with E-state index < -0.39 is 0 Å². The van der Waals surface area contributed by atoms with Gasteiger partial charge in [0.1, 0.15) is 12.1 Å². The second-order valence-electron chi connectivity index (χ2n) is 10.4. The summed E-state index contributed by atoms with van der Waals surface area (Å²) in [7, 11) is 0. The molecular formula is C26H30N6O2. The van der Waals surface area contributed by atoms with Gasteiger partial charge in [-0.3, -0.25) is 9.36 Å². The number of nitrogens with one attached hydrogen (secondary N) is 3. The zero-order chi connectivity index (χ0) is 23.1. The van der Waals surface area contributed by atoms with E-state index in [2.05, 4.69) is 25.9 Å². The van der Waals surface area contributed by atoms with Gasteiger partial charge in [-0.2, -0.15) is 0 Å². The Morgan fingerprint density at radius 2 is 1.71 bits per heavy atom. The maximum atomic E-state index is 12.5. The molecule has 4 bridgehead atoms. The molecule has 3 amide bonds. The van der Waals surface area contributed by atoms with Crippen LogP contribution >= 0.6 is 0 Å². The monoisotopic (exact) mass is 458 g/mol. The minimum absolute atomic E-state index is 0.0188. The lowest BCUT2D eigenvalue weighted by Crippen LogP contribution is -2.61. The number of carbonyl (C=O) groups is 2. The van der Waals surface area contributed by atoms with Crippen molar-refractivity contribution < 1.29 is 9.59 Å². The molecule has 7 rings (SSSR count). The number of nitrogens with zero attached hydrogens (tertiary/aromatic N) is 3. The fourth-order valence-corrected chi connectivity index (χ4v) is 6.81. The van der Waals surface area contributed by atoms with Crippen LogP contribution in [0.25, 0.3) is 16.9 Å². The second kappa shape index (κ2) is 8.42. The zero-order valence-electron chi connectivity index (χ0n) is 19.2. The van der Waals surface area contributed by atoms with E-state index in [4.69, 9.17) is 0 Å². The lowest BCUT2D eigenvalue weighted by atomic mass is 9.53. The third-order valence-corrected chi connectivity index (χ3v) is 7.79. The van der Waals surface area contributed by atoms with Crippen LogP contribution in [-0.2, 0) is 4.79 Å². The highest BCUT2D eigenvalue weighted by molar-refractivity contribution is 5.91. The Morgan fingerprint density at radius 1 is 0.971 bits per heavy atom. The van der Waals surface area contributed by atoms with Crippen LogP contribution in [0.15, 0.2) is 48.9 Å². The molecule has 176 valence electrons. The van der Waals surface area contributed by atoms with Crippen LogP contribution in [0.5, 0.6) is 0 Å². The topological polar surface area (TPSA) is 101 Å². The molecule has 2 aromatic heterocycles. The molecule has 4 fully saturated rings. The van der Waals surface area contributed by atoms with Crippen molar-refractivity contribution in [2.45, 2.75) is 50.5 Å². The summed E-state index contributed by atoms with van der Waals surface area (Å²) in [5.74, 6) is 2.92. The van der Waals surface area contributed by atoms with E-state index in [1.807, 2.05) is 41.0 Å². The molecule has 2 heterocycles. The molecule has 34 heavy (non-hydrogen) atoms. The van der Waals surface area contributed by atoms with E-state index in [-0.39, 0.29) is 23.9 Å². The van der Waals surface area contributed by atoms with Crippen molar-refractivity contribution in [1.82, 2.24) is 25.2 Å². The largest absolute Gasteiger partial charge is 0.338 e. The lowest BCUT2D eigenvalue weighted by Gasteiger charge is -2.56. The molecule has 3 aromatic rings. The van der Waals surface area contributed by atoms with E-state index in [0.29, 0.717) is 12.2 Å². The van der Waals surface area contributed by atoms with Crippen molar-refractivity contribution >= 4 is 28.7 Å². The molecule has 8 nitrogen and oxygen atoms in total. The molecule has 0 aliphatic heterocycles. The Balaban J connectivity index is 0.983. The van der Waals surface area contributed by atoms with Crippen LogP contribution in [-0.4, -0.2) is 38.6 Å². The molecular weight excluding hydrogens is 428 g/mol. The van der Waals surface area contributed by atoms with Crippen LogP contribution in [0.1, 0.15) is 44.9 Å². The van der Waals surface area contributed by atoms with Gasteiger partial charge < -0.3 is 16.0 Å². The van der Waals surface area contributed by atoms with E-state index >= 15 is 0 Å². The van der Waals surface area contributed by atoms with Gasteiger partial charge in [0.2, 0.25) is 5.91 Å². The molecule has 0 spiro atoms. The van der Waals surface area contributed by atoms with Crippen molar-refractivity contribution in [3.63, 3.8) is 0 Å². The van der Waals surface area contributed by atoms with Crippen molar-refractivity contribution in [3.8, 4) is 5.82 Å². The standard InChI is InChI=1S/C26H30N6O2/c33-24(7-8-27-25(34)31-26-12-17-9-18(13-26)11-19(10-17)14-26)30-20-5-6-23(28-15-20)32-16-29-21-3-1-2-4-22(21)32/h1-6,15-19H,7-14H2,(H,30,33)(H2,27,31,34). The first-order valence-electron chi connectivity index (χ1n) is 12.3. The highest BCUT2D eigenvalue weighted by atomic mass is 16.2. The SMILES string of the molecule is O=C(CCNC(=O)NC12CC3CC(CC(C3)C1)C2)Nc1ccc(-n2cnc3ccccc32)nc1. The number of pyridine rings is 1. The van der Waals surface area contributed by atoms with Gasteiger partial charge in [0.15, 0.2) is 0 Å². The quantitative estimate of drug-likeness (QED) is 0.519. The van der Waals surface area contributed by atoms with E-state index in [1.165, 1.54) is 19.3 Å². The summed E-state index contributed by atoms with van der Waals surface area (Å²) in [6, 6.07) is 11.4. The number of benzene rings is 1. The van der Waals surface area contributed by atoms with Crippen LogP contribution < -0.4 is 16.0 Å².